The van der Waals surface area contributed by atoms with E-state index in [1.54, 1.807) is 24.0 Å². The third kappa shape index (κ3) is 4.82. The summed E-state index contributed by atoms with van der Waals surface area (Å²) in [5, 5.41) is 0. The summed E-state index contributed by atoms with van der Waals surface area (Å²) in [7, 11) is -3.54. The zero-order valence-electron chi connectivity index (χ0n) is 13.3. The summed E-state index contributed by atoms with van der Waals surface area (Å²) < 4.78 is 27.1. The van der Waals surface area contributed by atoms with Crippen LogP contribution in [-0.4, -0.2) is 38.4 Å². The molecule has 0 saturated heterocycles. The van der Waals surface area contributed by atoms with Crippen molar-refractivity contribution in [1.29, 1.82) is 0 Å². The molecular weight excluding hydrogens is 288 g/mol. The Morgan fingerprint density at radius 1 is 1.29 bits per heavy atom. The summed E-state index contributed by atoms with van der Waals surface area (Å²) in [4.78, 5) is 13.4. The van der Waals surface area contributed by atoms with E-state index >= 15 is 0 Å². The molecule has 0 radical (unpaired) electrons. The highest BCUT2D eigenvalue weighted by molar-refractivity contribution is 7.89. The number of carbonyl (C=O) groups excluding carboxylic acids is 1. The highest BCUT2D eigenvalue weighted by Gasteiger charge is 2.18. The summed E-state index contributed by atoms with van der Waals surface area (Å²) in [6, 6.07) is 5.27. The van der Waals surface area contributed by atoms with Gasteiger partial charge in [-0.2, -0.15) is 0 Å². The summed E-state index contributed by atoms with van der Waals surface area (Å²) >= 11 is 0. The first-order valence-electron chi connectivity index (χ1n) is 6.99. The van der Waals surface area contributed by atoms with Crippen LogP contribution in [0.1, 0.15) is 31.9 Å². The van der Waals surface area contributed by atoms with Crippen molar-refractivity contribution in [2.75, 3.05) is 13.1 Å². The molecule has 118 valence electrons. The van der Waals surface area contributed by atoms with E-state index < -0.39 is 10.0 Å². The molecule has 21 heavy (non-hydrogen) atoms. The van der Waals surface area contributed by atoms with Crippen molar-refractivity contribution in [3.05, 3.63) is 29.3 Å². The third-order valence-electron chi connectivity index (χ3n) is 3.29. The molecule has 0 spiro atoms. The Morgan fingerprint density at radius 2 is 1.90 bits per heavy atom. The van der Waals surface area contributed by atoms with Gasteiger partial charge in [-0.3, -0.25) is 4.79 Å². The monoisotopic (exact) mass is 312 g/mol. The van der Waals surface area contributed by atoms with E-state index in [-0.39, 0.29) is 23.4 Å². The molecule has 5 nitrogen and oxygen atoms in total. The molecule has 1 aromatic rings. The second kappa shape index (κ2) is 7.04. The summed E-state index contributed by atoms with van der Waals surface area (Å²) in [6.07, 6.45) is 0. The molecule has 6 heteroatoms. The van der Waals surface area contributed by atoms with Crippen molar-refractivity contribution in [2.45, 2.75) is 45.6 Å². The number of hydrogen-bond donors (Lipinski definition) is 1. The number of carbonyl (C=O) groups is 1. The van der Waals surface area contributed by atoms with Crippen LogP contribution in [-0.2, 0) is 14.8 Å². The zero-order chi connectivity index (χ0) is 16.2. The van der Waals surface area contributed by atoms with Gasteiger partial charge in [-0.1, -0.05) is 17.7 Å². The van der Waals surface area contributed by atoms with Gasteiger partial charge in [-0.25, -0.2) is 13.1 Å². The van der Waals surface area contributed by atoms with Crippen molar-refractivity contribution in [1.82, 2.24) is 9.62 Å². The lowest BCUT2D eigenvalue weighted by Crippen LogP contribution is -2.41. The molecule has 1 rings (SSSR count). The van der Waals surface area contributed by atoms with Crippen LogP contribution in [0.2, 0.25) is 0 Å². The van der Waals surface area contributed by atoms with Gasteiger partial charge in [-0.05, 0) is 39.3 Å². The molecule has 0 aliphatic carbocycles. The molecule has 0 aliphatic heterocycles. The zero-order valence-corrected chi connectivity index (χ0v) is 14.1. The highest BCUT2D eigenvalue weighted by Crippen LogP contribution is 2.16. The number of benzene rings is 1. The van der Waals surface area contributed by atoms with Crippen LogP contribution < -0.4 is 4.72 Å². The first-order valence-corrected chi connectivity index (χ1v) is 8.47. The average Bonchev–Trinajstić information content (AvgIpc) is 2.33. The second-order valence-electron chi connectivity index (χ2n) is 5.47. The van der Waals surface area contributed by atoms with Crippen LogP contribution in [0.4, 0.5) is 0 Å². The SMILES string of the molecule is CC(=O)N(CCNS(=O)(=O)c1ccc(C)cc1C)C(C)C. The molecule has 0 heterocycles. The molecule has 0 unspecified atom stereocenters. The van der Waals surface area contributed by atoms with Crippen LogP contribution in [0.3, 0.4) is 0 Å². The Labute approximate surface area is 127 Å². The van der Waals surface area contributed by atoms with Gasteiger partial charge in [-0.15, -0.1) is 0 Å². The lowest BCUT2D eigenvalue weighted by Gasteiger charge is -2.25. The molecule has 0 atom stereocenters. The number of sulfonamides is 1. The normalized spacial score (nSPS) is 11.7. The second-order valence-corrected chi connectivity index (χ2v) is 7.21. The Bertz CT molecular complexity index is 609. The largest absolute Gasteiger partial charge is 0.339 e. The fourth-order valence-electron chi connectivity index (χ4n) is 2.26. The molecule has 0 aliphatic rings. The molecule has 1 aromatic carbocycles. The number of amides is 1. The van der Waals surface area contributed by atoms with Gasteiger partial charge in [0.15, 0.2) is 0 Å². The number of nitrogens with zero attached hydrogens (tertiary/aromatic N) is 1. The van der Waals surface area contributed by atoms with Crippen LogP contribution >= 0.6 is 0 Å². The number of rotatable bonds is 6. The maximum absolute atomic E-state index is 12.3. The lowest BCUT2D eigenvalue weighted by molar-refractivity contribution is -0.130. The fourth-order valence-corrected chi connectivity index (χ4v) is 3.50. The fraction of sp³-hybridized carbons (Fsp3) is 0.533. The number of nitrogens with one attached hydrogen (secondary N) is 1. The topological polar surface area (TPSA) is 66.5 Å². The van der Waals surface area contributed by atoms with Crippen LogP contribution in [0.25, 0.3) is 0 Å². The maximum atomic E-state index is 12.3. The highest BCUT2D eigenvalue weighted by atomic mass is 32.2. The van der Waals surface area contributed by atoms with E-state index in [4.69, 9.17) is 0 Å². The maximum Gasteiger partial charge on any atom is 0.240 e. The van der Waals surface area contributed by atoms with Gasteiger partial charge < -0.3 is 4.90 Å². The minimum Gasteiger partial charge on any atom is -0.339 e. The van der Waals surface area contributed by atoms with Gasteiger partial charge in [0.25, 0.3) is 0 Å². The van der Waals surface area contributed by atoms with Gasteiger partial charge in [0.1, 0.15) is 0 Å². The minimum absolute atomic E-state index is 0.0492. The first-order chi connectivity index (χ1) is 9.65. The Hall–Kier alpha value is -1.40. The first kappa shape index (κ1) is 17.7. The van der Waals surface area contributed by atoms with E-state index in [0.717, 1.165) is 11.1 Å². The van der Waals surface area contributed by atoms with Gasteiger partial charge in [0, 0.05) is 26.1 Å². The van der Waals surface area contributed by atoms with Crippen molar-refractivity contribution < 1.29 is 13.2 Å². The van der Waals surface area contributed by atoms with E-state index in [2.05, 4.69) is 4.72 Å². The standard InChI is InChI=1S/C15H24N2O3S/c1-11(2)17(14(5)18)9-8-16-21(19,20)15-7-6-12(3)10-13(15)4/h6-7,10-11,16H,8-9H2,1-5H3. The minimum atomic E-state index is -3.54. The number of hydrogen-bond acceptors (Lipinski definition) is 3. The Balaban J connectivity index is 2.76. The summed E-state index contributed by atoms with van der Waals surface area (Å²) in [5.41, 5.74) is 1.74. The van der Waals surface area contributed by atoms with Crippen molar-refractivity contribution in [3.8, 4) is 0 Å². The average molecular weight is 312 g/mol. The molecule has 0 fully saturated rings. The third-order valence-corrected chi connectivity index (χ3v) is 4.91. The van der Waals surface area contributed by atoms with E-state index in [1.807, 2.05) is 26.8 Å². The molecule has 0 saturated carbocycles. The van der Waals surface area contributed by atoms with E-state index in [1.165, 1.54) is 6.92 Å². The van der Waals surface area contributed by atoms with Crippen LogP contribution in [0.15, 0.2) is 23.1 Å². The van der Waals surface area contributed by atoms with Crippen LogP contribution in [0, 0.1) is 13.8 Å². The van der Waals surface area contributed by atoms with Crippen molar-refractivity contribution in [2.24, 2.45) is 0 Å². The Kier molecular flexibility index (Phi) is 5.92. The van der Waals surface area contributed by atoms with Crippen molar-refractivity contribution >= 4 is 15.9 Å². The molecule has 1 amide bonds. The molecular formula is C15H24N2O3S. The predicted octanol–water partition coefficient (Wildman–Crippen LogP) is 1.84. The van der Waals surface area contributed by atoms with Gasteiger partial charge >= 0.3 is 0 Å². The van der Waals surface area contributed by atoms with Gasteiger partial charge in [0.2, 0.25) is 15.9 Å². The van der Waals surface area contributed by atoms with Crippen LogP contribution in [0.5, 0.6) is 0 Å². The summed E-state index contributed by atoms with van der Waals surface area (Å²) in [5.74, 6) is -0.0595. The quantitative estimate of drug-likeness (QED) is 0.871. The molecule has 0 aromatic heterocycles. The van der Waals surface area contributed by atoms with Crippen molar-refractivity contribution in [3.63, 3.8) is 0 Å². The predicted molar refractivity (Wildman–Crippen MR) is 83.6 cm³/mol. The van der Waals surface area contributed by atoms with E-state index in [9.17, 15) is 13.2 Å². The van der Waals surface area contributed by atoms with Gasteiger partial charge in [0.05, 0.1) is 4.90 Å². The number of aryl methyl sites for hydroxylation is 2. The summed E-state index contributed by atoms with van der Waals surface area (Å²) in [6.45, 7) is 9.55. The molecule has 0 bridgehead atoms. The van der Waals surface area contributed by atoms with E-state index in [0.29, 0.717) is 6.54 Å². The lowest BCUT2D eigenvalue weighted by atomic mass is 10.2. The molecule has 1 N–H and O–H groups in total. The smallest absolute Gasteiger partial charge is 0.240 e. The Morgan fingerprint density at radius 3 is 2.38 bits per heavy atom.